The second kappa shape index (κ2) is 8.53. The number of benzene rings is 3. The number of carbonyl (C=O) groups is 1. The van der Waals surface area contributed by atoms with Crippen LogP contribution in [-0.4, -0.2) is 22.1 Å². The molecule has 1 amide bonds. The molecule has 0 unspecified atom stereocenters. The van der Waals surface area contributed by atoms with Crippen LogP contribution in [0.3, 0.4) is 0 Å². The van der Waals surface area contributed by atoms with Crippen LogP contribution in [0.15, 0.2) is 71.5 Å². The summed E-state index contributed by atoms with van der Waals surface area (Å²) in [6.07, 6.45) is 0. The highest BCUT2D eigenvalue weighted by atomic mass is 32.1. The molecule has 4 rings (SSSR count). The van der Waals surface area contributed by atoms with E-state index in [0.29, 0.717) is 34.4 Å². The summed E-state index contributed by atoms with van der Waals surface area (Å²) >= 11 is 5.33. The Morgan fingerprint density at radius 3 is 2.48 bits per heavy atom. The molecule has 0 atom stereocenters. The van der Waals surface area contributed by atoms with E-state index in [1.165, 1.54) is 28.8 Å². The number of hydrogen-bond donors (Lipinski definition) is 2. The molecule has 31 heavy (non-hydrogen) atoms. The first-order valence-electron chi connectivity index (χ1n) is 9.55. The zero-order chi connectivity index (χ0) is 22.0. The smallest absolute Gasteiger partial charge is 0.266 e. The lowest BCUT2D eigenvalue weighted by atomic mass is 10.1. The van der Waals surface area contributed by atoms with E-state index < -0.39 is 5.82 Å². The van der Waals surface area contributed by atoms with Gasteiger partial charge in [-0.3, -0.25) is 14.2 Å². The van der Waals surface area contributed by atoms with Crippen LogP contribution < -0.4 is 15.6 Å². The Morgan fingerprint density at radius 2 is 1.81 bits per heavy atom. The highest BCUT2D eigenvalue weighted by Crippen LogP contribution is 2.18. The van der Waals surface area contributed by atoms with Crippen molar-refractivity contribution in [2.75, 3.05) is 11.9 Å². The first-order chi connectivity index (χ1) is 15.0. The number of carbonyl (C=O) groups excluding carboxylic acids is 1. The molecular weight excluding hydrogens is 417 g/mol. The first kappa shape index (κ1) is 20.5. The zero-order valence-corrected chi connectivity index (χ0v) is 17.3. The van der Waals surface area contributed by atoms with E-state index in [1.54, 1.807) is 42.5 Å². The predicted molar refractivity (Wildman–Crippen MR) is 120 cm³/mol. The van der Waals surface area contributed by atoms with Crippen molar-refractivity contribution >= 4 is 34.7 Å². The van der Waals surface area contributed by atoms with Crippen LogP contribution in [0, 0.1) is 10.6 Å². The molecule has 0 saturated carbocycles. The Kier molecular flexibility index (Phi) is 5.64. The van der Waals surface area contributed by atoms with Gasteiger partial charge in [-0.1, -0.05) is 0 Å². The summed E-state index contributed by atoms with van der Waals surface area (Å²) in [6, 6.07) is 17.2. The van der Waals surface area contributed by atoms with Gasteiger partial charge in [0.2, 0.25) is 0 Å². The Hall–Kier alpha value is -3.78. The summed E-state index contributed by atoms with van der Waals surface area (Å²) in [5.74, 6) is -0.0139. The standard InChI is InChI=1S/C23H18FN3O3S/c1-2-30-18-10-6-16(7-11-18)25-21(28)14-3-12-19-20(13-14)26-23(31)27(22(19)29)17-8-4-15(24)5-9-17/h3-13H,2H2,1H3,(H,25,28)(H,26,31). The highest BCUT2D eigenvalue weighted by molar-refractivity contribution is 7.71. The third-order valence-corrected chi connectivity index (χ3v) is 4.95. The van der Waals surface area contributed by atoms with E-state index in [4.69, 9.17) is 17.0 Å². The van der Waals surface area contributed by atoms with E-state index in [2.05, 4.69) is 10.3 Å². The van der Waals surface area contributed by atoms with Crippen LogP contribution in [0.4, 0.5) is 10.1 Å². The summed E-state index contributed by atoms with van der Waals surface area (Å²) in [7, 11) is 0. The van der Waals surface area contributed by atoms with E-state index in [0.717, 1.165) is 5.75 Å². The van der Waals surface area contributed by atoms with Crippen LogP contribution in [0.1, 0.15) is 17.3 Å². The van der Waals surface area contributed by atoms with Crippen molar-refractivity contribution in [1.82, 2.24) is 9.55 Å². The van der Waals surface area contributed by atoms with Crippen molar-refractivity contribution in [1.29, 1.82) is 0 Å². The maximum atomic E-state index is 13.2. The molecule has 0 saturated heterocycles. The molecule has 0 radical (unpaired) electrons. The van der Waals surface area contributed by atoms with Crippen LogP contribution >= 0.6 is 12.2 Å². The van der Waals surface area contributed by atoms with Crippen molar-refractivity contribution in [3.05, 3.63) is 93.2 Å². The largest absolute Gasteiger partial charge is 0.494 e. The maximum Gasteiger partial charge on any atom is 0.266 e. The van der Waals surface area contributed by atoms with E-state index >= 15 is 0 Å². The number of hydrogen-bond acceptors (Lipinski definition) is 4. The van der Waals surface area contributed by atoms with Gasteiger partial charge in [-0.05, 0) is 85.9 Å². The van der Waals surface area contributed by atoms with Gasteiger partial charge in [0.1, 0.15) is 11.6 Å². The minimum absolute atomic E-state index is 0.146. The second-order valence-electron chi connectivity index (χ2n) is 6.72. The lowest BCUT2D eigenvalue weighted by Crippen LogP contribution is -2.21. The number of ether oxygens (including phenoxy) is 1. The van der Waals surface area contributed by atoms with E-state index in [1.807, 2.05) is 6.92 Å². The van der Waals surface area contributed by atoms with Gasteiger partial charge < -0.3 is 15.0 Å². The molecule has 0 aliphatic heterocycles. The van der Waals surface area contributed by atoms with Crippen molar-refractivity contribution in [3.8, 4) is 11.4 Å². The number of amides is 1. The number of nitrogens with one attached hydrogen (secondary N) is 2. The number of anilines is 1. The van der Waals surface area contributed by atoms with E-state index in [-0.39, 0.29) is 16.2 Å². The average molecular weight is 435 g/mol. The number of nitrogens with zero attached hydrogens (tertiary/aromatic N) is 1. The molecule has 0 fully saturated rings. The monoisotopic (exact) mass is 435 g/mol. The fourth-order valence-electron chi connectivity index (χ4n) is 3.19. The van der Waals surface area contributed by atoms with Gasteiger partial charge in [0.15, 0.2) is 4.77 Å². The van der Waals surface area contributed by atoms with Gasteiger partial charge in [-0.25, -0.2) is 4.39 Å². The molecule has 0 aliphatic rings. The van der Waals surface area contributed by atoms with Gasteiger partial charge in [-0.15, -0.1) is 0 Å². The SMILES string of the molecule is CCOc1ccc(NC(=O)c2ccc3c(=O)n(-c4ccc(F)cc4)c(=S)[nH]c3c2)cc1. The van der Waals surface area contributed by atoms with Crippen molar-refractivity contribution in [2.45, 2.75) is 6.92 Å². The second-order valence-corrected chi connectivity index (χ2v) is 7.11. The van der Waals surface area contributed by atoms with Crippen molar-refractivity contribution in [3.63, 3.8) is 0 Å². The number of rotatable bonds is 5. The van der Waals surface area contributed by atoms with Crippen molar-refractivity contribution < 1.29 is 13.9 Å². The lowest BCUT2D eigenvalue weighted by Gasteiger charge is -2.10. The Bertz CT molecular complexity index is 1380. The van der Waals surface area contributed by atoms with Gasteiger partial charge >= 0.3 is 0 Å². The number of H-pyrrole nitrogens is 1. The topological polar surface area (TPSA) is 76.1 Å². The summed E-state index contributed by atoms with van der Waals surface area (Å²) in [4.78, 5) is 28.6. The summed E-state index contributed by atoms with van der Waals surface area (Å²) in [5, 5.41) is 3.17. The molecule has 4 aromatic rings. The molecule has 1 aromatic heterocycles. The maximum absolute atomic E-state index is 13.2. The van der Waals surface area contributed by atoms with Crippen LogP contribution in [0.25, 0.3) is 16.6 Å². The molecule has 156 valence electrons. The minimum Gasteiger partial charge on any atom is -0.494 e. The van der Waals surface area contributed by atoms with Gasteiger partial charge in [0, 0.05) is 11.3 Å². The Morgan fingerprint density at radius 1 is 1.10 bits per heavy atom. The summed E-state index contributed by atoms with van der Waals surface area (Å²) < 4.78 is 20.0. The van der Waals surface area contributed by atoms with Gasteiger partial charge in [-0.2, -0.15) is 0 Å². The number of halogens is 1. The Balaban J connectivity index is 1.66. The van der Waals surface area contributed by atoms with Crippen molar-refractivity contribution in [2.24, 2.45) is 0 Å². The molecule has 2 N–H and O–H groups in total. The molecule has 0 spiro atoms. The summed E-state index contributed by atoms with van der Waals surface area (Å²) in [5.41, 5.74) is 1.52. The molecule has 0 aliphatic carbocycles. The van der Waals surface area contributed by atoms with Crippen LogP contribution in [-0.2, 0) is 0 Å². The lowest BCUT2D eigenvalue weighted by molar-refractivity contribution is 0.102. The first-order valence-corrected chi connectivity index (χ1v) is 9.96. The third-order valence-electron chi connectivity index (χ3n) is 4.67. The number of fused-ring (bicyclic) bond motifs is 1. The van der Waals surface area contributed by atoms with Crippen LogP contribution in [0.2, 0.25) is 0 Å². The zero-order valence-electron chi connectivity index (χ0n) is 16.5. The van der Waals surface area contributed by atoms with E-state index in [9.17, 15) is 14.0 Å². The molecule has 3 aromatic carbocycles. The minimum atomic E-state index is -0.407. The van der Waals surface area contributed by atoms with Gasteiger partial charge in [0.05, 0.1) is 23.2 Å². The number of aromatic nitrogens is 2. The molecule has 8 heteroatoms. The Labute approximate surface area is 181 Å². The fraction of sp³-hybridized carbons (Fsp3) is 0.0870. The average Bonchev–Trinajstić information content (AvgIpc) is 2.76. The molecule has 0 bridgehead atoms. The fourth-order valence-corrected chi connectivity index (χ4v) is 3.49. The summed E-state index contributed by atoms with van der Waals surface area (Å²) in [6.45, 7) is 2.46. The van der Waals surface area contributed by atoms with Crippen LogP contribution in [0.5, 0.6) is 5.75 Å². The molecule has 6 nitrogen and oxygen atoms in total. The normalized spacial score (nSPS) is 10.8. The van der Waals surface area contributed by atoms with Gasteiger partial charge in [0.25, 0.3) is 11.5 Å². The highest BCUT2D eigenvalue weighted by Gasteiger charge is 2.12. The predicted octanol–water partition coefficient (Wildman–Crippen LogP) is 4.84. The number of aromatic amines is 1. The molecular formula is C23H18FN3O3S. The molecule has 1 heterocycles. The third kappa shape index (κ3) is 4.24. The quantitative estimate of drug-likeness (QED) is 0.440.